The summed E-state index contributed by atoms with van der Waals surface area (Å²) in [4.78, 5) is 10.6. The van der Waals surface area contributed by atoms with Gasteiger partial charge in [-0.2, -0.15) is 0 Å². The Balaban J connectivity index is 2.99. The molecule has 3 nitrogen and oxygen atoms in total. The topological polar surface area (TPSA) is 57.5 Å². The average Bonchev–Trinajstić information content (AvgIpc) is 2.17. The minimum absolute atomic E-state index is 0.185. The van der Waals surface area contributed by atoms with Crippen LogP contribution in [0.15, 0.2) is 30.3 Å². The summed E-state index contributed by atoms with van der Waals surface area (Å²) in [5.41, 5.74) is 1.63. The molecule has 0 atom stereocenters. The third kappa shape index (κ3) is 3.46. The van der Waals surface area contributed by atoms with E-state index in [-0.39, 0.29) is 5.75 Å². The first-order chi connectivity index (χ1) is 7.13. The quantitative estimate of drug-likeness (QED) is 0.744. The summed E-state index contributed by atoms with van der Waals surface area (Å²) in [6.07, 6.45) is 2.83. The highest BCUT2D eigenvalue weighted by molar-refractivity contribution is 5.90. The Hall–Kier alpha value is -1.77. The maximum Gasteiger partial charge on any atom is 0.328 e. The summed E-state index contributed by atoms with van der Waals surface area (Å²) in [7, 11) is 0. The first-order valence-electron chi connectivity index (χ1n) is 4.86. The van der Waals surface area contributed by atoms with Crippen LogP contribution in [-0.2, 0) is 4.79 Å². The molecule has 0 unspecified atom stereocenters. The zero-order valence-corrected chi connectivity index (χ0v) is 8.60. The molecule has 0 radical (unpaired) electrons. The highest BCUT2D eigenvalue weighted by Crippen LogP contribution is 2.21. The number of aliphatic carboxylic acids is 1. The summed E-state index contributed by atoms with van der Waals surface area (Å²) in [5, 5.41) is 17.8. The summed E-state index contributed by atoms with van der Waals surface area (Å²) >= 11 is 0. The second-order valence-corrected chi connectivity index (χ2v) is 3.30. The molecule has 1 aromatic rings. The van der Waals surface area contributed by atoms with E-state index >= 15 is 0 Å². The minimum atomic E-state index is -0.938. The second-order valence-electron chi connectivity index (χ2n) is 3.30. The second kappa shape index (κ2) is 5.20. The lowest BCUT2D eigenvalue weighted by molar-refractivity contribution is -0.131. The minimum Gasteiger partial charge on any atom is -0.508 e. The van der Waals surface area contributed by atoms with Crippen molar-refractivity contribution in [2.75, 3.05) is 0 Å². The molecule has 0 aromatic heterocycles. The van der Waals surface area contributed by atoms with Gasteiger partial charge >= 0.3 is 5.97 Å². The molecular weight excluding hydrogens is 192 g/mol. The number of phenols is 1. The summed E-state index contributed by atoms with van der Waals surface area (Å²) < 4.78 is 0. The van der Waals surface area contributed by atoms with Gasteiger partial charge in [-0.3, -0.25) is 0 Å². The molecule has 1 aromatic carbocycles. The Kier molecular flexibility index (Phi) is 3.92. The fourth-order valence-electron chi connectivity index (χ4n) is 1.39. The van der Waals surface area contributed by atoms with Crippen LogP contribution < -0.4 is 0 Å². The van der Waals surface area contributed by atoms with Gasteiger partial charge in [-0.1, -0.05) is 25.5 Å². The number of carboxylic acids is 1. The molecule has 0 aliphatic carbocycles. The van der Waals surface area contributed by atoms with Gasteiger partial charge in [0, 0.05) is 6.08 Å². The predicted octanol–water partition coefficient (Wildman–Crippen LogP) is 2.66. The molecule has 0 saturated carbocycles. The third-order valence-corrected chi connectivity index (χ3v) is 2.06. The molecule has 0 aliphatic rings. The van der Waals surface area contributed by atoms with Crippen molar-refractivity contribution in [3.63, 3.8) is 0 Å². The molecule has 0 fully saturated rings. The van der Waals surface area contributed by atoms with Gasteiger partial charge in [0.25, 0.3) is 0 Å². The number of phenolic OH excluding ortho intramolecular Hbond substituents is 1. The largest absolute Gasteiger partial charge is 0.508 e. The molecule has 1 rings (SSSR count). The Morgan fingerprint density at radius 1 is 1.33 bits per heavy atom. The number of carbonyl (C=O) groups is 1. The van der Waals surface area contributed by atoms with Crippen LogP contribution in [0.5, 0.6) is 5.75 Å². The molecule has 3 heteroatoms. The molecule has 0 saturated heterocycles. The SMILES string of the molecule is CCC/C(=C\C(=O)O)c1ccc(O)cc1. The smallest absolute Gasteiger partial charge is 0.328 e. The highest BCUT2D eigenvalue weighted by atomic mass is 16.4. The fraction of sp³-hybridized carbons (Fsp3) is 0.250. The van der Waals surface area contributed by atoms with Gasteiger partial charge in [-0.25, -0.2) is 4.79 Å². The van der Waals surface area contributed by atoms with E-state index in [1.807, 2.05) is 6.92 Å². The number of aromatic hydroxyl groups is 1. The number of allylic oxidation sites excluding steroid dienone is 1. The van der Waals surface area contributed by atoms with Crippen LogP contribution in [0.25, 0.3) is 5.57 Å². The highest BCUT2D eigenvalue weighted by Gasteiger charge is 2.03. The van der Waals surface area contributed by atoms with E-state index in [4.69, 9.17) is 10.2 Å². The standard InChI is InChI=1S/C12H14O3/c1-2-3-10(8-12(14)15)9-4-6-11(13)7-5-9/h4-8,13H,2-3H2,1H3,(H,14,15)/b10-8+. The van der Waals surface area contributed by atoms with Gasteiger partial charge in [0.15, 0.2) is 0 Å². The van der Waals surface area contributed by atoms with Crippen molar-refractivity contribution in [2.24, 2.45) is 0 Å². The Morgan fingerprint density at radius 2 is 1.93 bits per heavy atom. The lowest BCUT2D eigenvalue weighted by Gasteiger charge is -2.05. The van der Waals surface area contributed by atoms with Crippen LogP contribution in [0.2, 0.25) is 0 Å². The van der Waals surface area contributed by atoms with Crippen LogP contribution in [0, 0.1) is 0 Å². The number of hydrogen-bond acceptors (Lipinski definition) is 2. The van der Waals surface area contributed by atoms with Gasteiger partial charge in [0.2, 0.25) is 0 Å². The Morgan fingerprint density at radius 3 is 2.40 bits per heavy atom. The zero-order chi connectivity index (χ0) is 11.3. The number of benzene rings is 1. The van der Waals surface area contributed by atoms with E-state index in [0.29, 0.717) is 0 Å². The summed E-state index contributed by atoms with van der Waals surface area (Å²) in [6, 6.07) is 6.56. The summed E-state index contributed by atoms with van der Waals surface area (Å²) in [5.74, 6) is -0.753. The van der Waals surface area contributed by atoms with Crippen molar-refractivity contribution in [2.45, 2.75) is 19.8 Å². The Bertz CT molecular complexity index is 363. The van der Waals surface area contributed by atoms with E-state index in [9.17, 15) is 4.79 Å². The van der Waals surface area contributed by atoms with Crippen molar-refractivity contribution < 1.29 is 15.0 Å². The van der Waals surface area contributed by atoms with Crippen LogP contribution in [0.1, 0.15) is 25.3 Å². The lowest BCUT2D eigenvalue weighted by atomic mass is 10.0. The molecule has 80 valence electrons. The van der Waals surface area contributed by atoms with E-state index in [1.54, 1.807) is 24.3 Å². The molecular formula is C12H14O3. The van der Waals surface area contributed by atoms with E-state index < -0.39 is 5.97 Å². The maximum absolute atomic E-state index is 10.6. The average molecular weight is 206 g/mol. The normalized spacial score (nSPS) is 11.4. The van der Waals surface area contributed by atoms with Crippen LogP contribution in [0.4, 0.5) is 0 Å². The predicted molar refractivity (Wildman–Crippen MR) is 58.6 cm³/mol. The zero-order valence-electron chi connectivity index (χ0n) is 8.60. The van der Waals surface area contributed by atoms with Gasteiger partial charge in [0.1, 0.15) is 5.75 Å². The van der Waals surface area contributed by atoms with E-state index in [2.05, 4.69) is 0 Å². The number of carboxylic acid groups (broad SMARTS) is 1. The van der Waals surface area contributed by atoms with Gasteiger partial charge in [0.05, 0.1) is 0 Å². The first kappa shape index (κ1) is 11.3. The molecule has 2 N–H and O–H groups in total. The monoisotopic (exact) mass is 206 g/mol. The van der Waals surface area contributed by atoms with Crippen LogP contribution in [0.3, 0.4) is 0 Å². The van der Waals surface area contributed by atoms with Crippen LogP contribution >= 0.6 is 0 Å². The molecule has 0 heterocycles. The summed E-state index contributed by atoms with van der Waals surface area (Å²) in [6.45, 7) is 2.00. The van der Waals surface area contributed by atoms with Crippen molar-refractivity contribution in [3.8, 4) is 5.75 Å². The molecule has 0 aliphatic heterocycles. The molecule has 0 amide bonds. The van der Waals surface area contributed by atoms with Crippen molar-refractivity contribution in [1.82, 2.24) is 0 Å². The number of rotatable bonds is 4. The number of hydrogen-bond donors (Lipinski definition) is 2. The van der Waals surface area contributed by atoms with Gasteiger partial charge < -0.3 is 10.2 Å². The molecule has 0 bridgehead atoms. The van der Waals surface area contributed by atoms with Crippen molar-refractivity contribution in [1.29, 1.82) is 0 Å². The van der Waals surface area contributed by atoms with E-state index in [1.165, 1.54) is 6.08 Å². The van der Waals surface area contributed by atoms with Crippen molar-refractivity contribution in [3.05, 3.63) is 35.9 Å². The lowest BCUT2D eigenvalue weighted by Crippen LogP contribution is -1.92. The van der Waals surface area contributed by atoms with Crippen LogP contribution in [-0.4, -0.2) is 16.2 Å². The maximum atomic E-state index is 10.6. The fourth-order valence-corrected chi connectivity index (χ4v) is 1.39. The van der Waals surface area contributed by atoms with E-state index in [0.717, 1.165) is 24.0 Å². The Labute approximate surface area is 88.7 Å². The first-order valence-corrected chi connectivity index (χ1v) is 4.86. The van der Waals surface area contributed by atoms with Crippen molar-refractivity contribution >= 4 is 11.5 Å². The van der Waals surface area contributed by atoms with Gasteiger partial charge in [-0.05, 0) is 29.7 Å². The third-order valence-electron chi connectivity index (χ3n) is 2.06. The van der Waals surface area contributed by atoms with Gasteiger partial charge in [-0.15, -0.1) is 0 Å². The molecule has 0 spiro atoms. The molecule has 15 heavy (non-hydrogen) atoms.